The van der Waals surface area contributed by atoms with Crippen LogP contribution in [0.25, 0.3) is 0 Å². The third-order valence-corrected chi connectivity index (χ3v) is 6.49. The normalized spacial score (nSPS) is 19.1. The Morgan fingerprint density at radius 3 is 2.38 bits per heavy atom. The number of thioether (sulfide) groups is 1. The summed E-state index contributed by atoms with van der Waals surface area (Å²) in [5.41, 5.74) is 1.67. The van der Waals surface area contributed by atoms with Crippen molar-refractivity contribution in [2.45, 2.75) is 44.4 Å². The van der Waals surface area contributed by atoms with Gasteiger partial charge in [-0.25, -0.2) is 9.79 Å². The van der Waals surface area contributed by atoms with Crippen LogP contribution in [0, 0.1) is 0 Å². The molecule has 1 aliphatic heterocycles. The molecule has 2 amide bonds. The van der Waals surface area contributed by atoms with Gasteiger partial charge in [0.1, 0.15) is 11.0 Å². The van der Waals surface area contributed by atoms with E-state index in [-0.39, 0.29) is 24.3 Å². The van der Waals surface area contributed by atoms with E-state index in [1.54, 1.807) is 60.4 Å². The summed E-state index contributed by atoms with van der Waals surface area (Å²) in [6.07, 6.45) is 1.97. The van der Waals surface area contributed by atoms with Crippen LogP contribution in [-0.4, -0.2) is 52.4 Å². The lowest BCUT2D eigenvalue weighted by atomic mass is 10.2. The molecule has 2 aromatic rings. The highest BCUT2D eigenvalue weighted by Gasteiger charge is 2.43. The maximum atomic E-state index is 13.0. The molecule has 1 saturated carbocycles. The van der Waals surface area contributed by atoms with Crippen molar-refractivity contribution in [3.63, 3.8) is 0 Å². The smallest absolute Gasteiger partial charge is 0.338 e. The SMILES string of the molecule is CCOC(=O)c1ccc(N=C2SC(C(=O)Nc3ccc(OCC)cc3)CC(=O)N2C2CC2)cc1. The van der Waals surface area contributed by atoms with Crippen molar-refractivity contribution in [1.82, 2.24) is 4.90 Å². The third kappa shape index (κ3) is 5.77. The molecule has 8 nitrogen and oxygen atoms in total. The van der Waals surface area contributed by atoms with Gasteiger partial charge in [0.2, 0.25) is 11.8 Å². The molecular formula is C25H27N3O5S. The molecule has 34 heavy (non-hydrogen) atoms. The minimum absolute atomic E-state index is 0.102. The maximum Gasteiger partial charge on any atom is 0.338 e. The Hall–Kier alpha value is -3.33. The average molecular weight is 482 g/mol. The summed E-state index contributed by atoms with van der Waals surface area (Å²) < 4.78 is 10.4. The Morgan fingerprint density at radius 2 is 1.76 bits per heavy atom. The van der Waals surface area contributed by atoms with Crippen molar-refractivity contribution >= 4 is 46.1 Å². The summed E-state index contributed by atoms with van der Waals surface area (Å²) in [5, 5.41) is 2.80. The Kier molecular flexibility index (Phi) is 7.52. The Labute approximate surface area is 202 Å². The fourth-order valence-electron chi connectivity index (χ4n) is 3.53. The number of rotatable bonds is 8. The summed E-state index contributed by atoms with van der Waals surface area (Å²) >= 11 is 1.29. The molecule has 1 heterocycles. The van der Waals surface area contributed by atoms with Gasteiger partial charge >= 0.3 is 5.97 Å². The Morgan fingerprint density at radius 1 is 1.06 bits per heavy atom. The van der Waals surface area contributed by atoms with Crippen molar-refractivity contribution in [2.75, 3.05) is 18.5 Å². The fraction of sp³-hybridized carbons (Fsp3) is 0.360. The lowest BCUT2D eigenvalue weighted by Crippen LogP contribution is -2.46. The zero-order chi connectivity index (χ0) is 24.1. The second kappa shape index (κ2) is 10.7. The van der Waals surface area contributed by atoms with Crippen LogP contribution in [0.3, 0.4) is 0 Å². The molecular weight excluding hydrogens is 454 g/mol. The predicted molar refractivity (Wildman–Crippen MR) is 132 cm³/mol. The third-order valence-electron chi connectivity index (χ3n) is 5.32. The summed E-state index contributed by atoms with van der Waals surface area (Å²) in [4.78, 5) is 44.2. The summed E-state index contributed by atoms with van der Waals surface area (Å²) in [6, 6.07) is 14.0. The van der Waals surface area contributed by atoms with E-state index < -0.39 is 11.2 Å². The number of ether oxygens (including phenoxy) is 2. The first-order chi connectivity index (χ1) is 16.5. The van der Waals surface area contributed by atoms with Gasteiger partial charge < -0.3 is 14.8 Å². The van der Waals surface area contributed by atoms with E-state index in [4.69, 9.17) is 9.47 Å². The number of aliphatic imine (C=N–C) groups is 1. The fourth-order valence-corrected chi connectivity index (χ4v) is 4.70. The molecule has 1 unspecified atom stereocenters. The minimum Gasteiger partial charge on any atom is -0.494 e. The van der Waals surface area contributed by atoms with Crippen molar-refractivity contribution in [2.24, 2.45) is 4.99 Å². The number of hydrogen-bond acceptors (Lipinski definition) is 7. The molecule has 1 atom stereocenters. The molecule has 1 saturated heterocycles. The molecule has 178 valence electrons. The zero-order valence-electron chi connectivity index (χ0n) is 19.2. The molecule has 0 spiro atoms. The van der Waals surface area contributed by atoms with Gasteiger partial charge in [-0.05, 0) is 75.2 Å². The van der Waals surface area contributed by atoms with E-state index in [0.717, 1.165) is 18.6 Å². The van der Waals surface area contributed by atoms with Crippen molar-refractivity contribution in [3.05, 3.63) is 54.1 Å². The molecule has 2 aromatic carbocycles. The van der Waals surface area contributed by atoms with Gasteiger partial charge in [-0.1, -0.05) is 11.8 Å². The van der Waals surface area contributed by atoms with Crippen molar-refractivity contribution in [3.8, 4) is 5.75 Å². The van der Waals surface area contributed by atoms with Crippen molar-refractivity contribution in [1.29, 1.82) is 0 Å². The number of amidine groups is 1. The first-order valence-corrected chi connectivity index (χ1v) is 12.2. The monoisotopic (exact) mass is 481 g/mol. The zero-order valence-corrected chi connectivity index (χ0v) is 20.0. The Bertz CT molecular complexity index is 1080. The van der Waals surface area contributed by atoms with Crippen LogP contribution >= 0.6 is 11.8 Å². The van der Waals surface area contributed by atoms with Gasteiger partial charge in [-0.2, -0.15) is 0 Å². The second-order valence-corrected chi connectivity index (χ2v) is 9.08. The molecule has 4 rings (SSSR count). The van der Waals surface area contributed by atoms with Gasteiger partial charge in [0.15, 0.2) is 5.17 Å². The van der Waals surface area contributed by atoms with E-state index in [1.807, 2.05) is 6.92 Å². The molecule has 0 bridgehead atoms. The van der Waals surface area contributed by atoms with E-state index in [0.29, 0.717) is 35.3 Å². The van der Waals surface area contributed by atoms with E-state index in [1.165, 1.54) is 11.8 Å². The second-order valence-electron chi connectivity index (χ2n) is 7.91. The van der Waals surface area contributed by atoms with Gasteiger partial charge in [-0.15, -0.1) is 0 Å². The lowest BCUT2D eigenvalue weighted by Gasteiger charge is -2.31. The predicted octanol–water partition coefficient (Wildman–Crippen LogP) is 4.38. The standard InChI is InChI=1S/C25H27N3O5S/c1-3-32-20-13-9-17(10-14-20)26-23(30)21-15-22(29)28(19-11-12-19)25(34-21)27-18-7-5-16(6-8-18)24(31)33-4-2/h5-10,13-14,19,21H,3-4,11-12,15H2,1-2H3,(H,26,30). The Balaban J connectivity index is 1.49. The largest absolute Gasteiger partial charge is 0.494 e. The summed E-state index contributed by atoms with van der Waals surface area (Å²) in [5.74, 6) is -0.0148. The van der Waals surface area contributed by atoms with Crippen LogP contribution in [0.2, 0.25) is 0 Å². The summed E-state index contributed by atoms with van der Waals surface area (Å²) in [7, 11) is 0. The minimum atomic E-state index is -0.591. The number of carbonyl (C=O) groups excluding carboxylic acids is 3. The quantitative estimate of drug-likeness (QED) is 0.562. The highest BCUT2D eigenvalue weighted by molar-refractivity contribution is 8.15. The highest BCUT2D eigenvalue weighted by atomic mass is 32.2. The first kappa shape index (κ1) is 23.8. The number of nitrogens with one attached hydrogen (secondary N) is 1. The van der Waals surface area contributed by atoms with Crippen LogP contribution in [0.15, 0.2) is 53.5 Å². The molecule has 2 aliphatic rings. The summed E-state index contributed by atoms with van der Waals surface area (Å²) in [6.45, 7) is 4.53. The topological polar surface area (TPSA) is 97.3 Å². The number of nitrogens with zero attached hydrogens (tertiary/aromatic N) is 2. The van der Waals surface area contributed by atoms with E-state index >= 15 is 0 Å². The van der Waals surface area contributed by atoms with Gasteiger partial charge in [0.05, 0.1) is 24.5 Å². The number of anilines is 1. The highest BCUT2D eigenvalue weighted by Crippen LogP contribution is 2.37. The van der Waals surface area contributed by atoms with Gasteiger partial charge in [0.25, 0.3) is 0 Å². The number of benzene rings is 2. The van der Waals surface area contributed by atoms with Crippen molar-refractivity contribution < 1.29 is 23.9 Å². The van der Waals surface area contributed by atoms with Crippen LogP contribution < -0.4 is 10.1 Å². The maximum absolute atomic E-state index is 13.0. The molecule has 9 heteroatoms. The number of hydrogen-bond donors (Lipinski definition) is 1. The van der Waals surface area contributed by atoms with E-state index in [9.17, 15) is 14.4 Å². The first-order valence-electron chi connectivity index (χ1n) is 11.4. The van der Waals surface area contributed by atoms with Crippen LogP contribution in [0.5, 0.6) is 5.75 Å². The average Bonchev–Trinajstić information content (AvgIpc) is 3.66. The lowest BCUT2D eigenvalue weighted by molar-refractivity contribution is -0.129. The number of esters is 1. The number of amides is 2. The van der Waals surface area contributed by atoms with Crippen LogP contribution in [0.1, 0.15) is 43.5 Å². The molecule has 0 radical (unpaired) electrons. The van der Waals surface area contributed by atoms with Crippen LogP contribution in [-0.2, 0) is 14.3 Å². The molecule has 1 aliphatic carbocycles. The van der Waals surface area contributed by atoms with Gasteiger partial charge in [0, 0.05) is 18.2 Å². The molecule has 0 aromatic heterocycles. The van der Waals surface area contributed by atoms with Gasteiger partial charge in [-0.3, -0.25) is 14.5 Å². The van der Waals surface area contributed by atoms with E-state index in [2.05, 4.69) is 10.3 Å². The molecule has 1 N–H and O–H groups in total. The molecule has 2 fully saturated rings. The number of carbonyl (C=O) groups is 3. The van der Waals surface area contributed by atoms with Crippen LogP contribution in [0.4, 0.5) is 11.4 Å².